The Morgan fingerprint density at radius 1 is 0.731 bits per heavy atom. The Balaban J connectivity index is 1.93. The second kappa shape index (κ2) is 7.19. The molecule has 0 spiro atoms. The summed E-state index contributed by atoms with van der Waals surface area (Å²) in [6.07, 6.45) is 1.74. The van der Waals surface area contributed by atoms with Crippen LogP contribution in [-0.4, -0.2) is 4.98 Å². The fourth-order valence-corrected chi connectivity index (χ4v) is 2.78. The van der Waals surface area contributed by atoms with Crippen LogP contribution in [0, 0.1) is 6.92 Å². The topological polar surface area (TPSA) is 38.4 Å². The van der Waals surface area contributed by atoms with Gasteiger partial charge in [0.25, 0.3) is 0 Å². The minimum atomic E-state index is 0.534. The fraction of sp³-hybridized carbons (Fsp3) is 0.0435. The molecule has 2 aromatic carbocycles. The Morgan fingerprint density at radius 3 is 2.12 bits per heavy atom. The predicted molar refractivity (Wildman–Crippen MR) is 104 cm³/mol. The van der Waals surface area contributed by atoms with Crippen LogP contribution in [0.2, 0.25) is 0 Å². The Bertz CT molecular complexity index is 1020. The van der Waals surface area contributed by atoms with Gasteiger partial charge < -0.3 is 4.42 Å². The van der Waals surface area contributed by atoms with E-state index in [-0.39, 0.29) is 0 Å². The monoisotopic (exact) mass is 338 g/mol. The Labute approximate surface area is 152 Å². The molecule has 2 heterocycles. The highest BCUT2D eigenvalue weighted by atomic mass is 16.3. The Morgan fingerprint density at radius 2 is 1.42 bits per heavy atom. The van der Waals surface area contributed by atoms with Crippen LogP contribution in [0.1, 0.15) is 5.56 Å². The molecule has 0 fully saturated rings. The maximum atomic E-state index is 6.08. The van der Waals surface area contributed by atoms with E-state index in [1.54, 1.807) is 6.20 Å². The molecule has 0 radical (unpaired) electrons. The molecule has 3 heteroatoms. The van der Waals surface area contributed by atoms with Gasteiger partial charge in [-0.2, -0.15) is 4.99 Å². The summed E-state index contributed by atoms with van der Waals surface area (Å²) in [6.45, 7) is 1.99. The molecule has 4 aromatic rings. The summed E-state index contributed by atoms with van der Waals surface area (Å²) < 4.78 is 6.08. The van der Waals surface area contributed by atoms with Gasteiger partial charge in [-0.3, -0.25) is 0 Å². The van der Waals surface area contributed by atoms with Crippen molar-refractivity contribution in [1.29, 1.82) is 0 Å². The molecule has 0 saturated carbocycles. The van der Waals surface area contributed by atoms with Crippen molar-refractivity contribution in [2.75, 3.05) is 0 Å². The van der Waals surface area contributed by atoms with Crippen molar-refractivity contribution in [1.82, 2.24) is 4.98 Å². The molecule has 0 bridgehead atoms. The molecule has 0 atom stereocenters. The van der Waals surface area contributed by atoms with Crippen LogP contribution in [0.3, 0.4) is 0 Å². The first kappa shape index (κ1) is 16.0. The second-order valence-electron chi connectivity index (χ2n) is 6.04. The summed E-state index contributed by atoms with van der Waals surface area (Å²) in [5.41, 5.74) is 4.73. The molecule has 2 aromatic heterocycles. The third-order valence-corrected chi connectivity index (χ3v) is 4.14. The summed E-state index contributed by atoms with van der Waals surface area (Å²) in [5, 5.41) is 0. The van der Waals surface area contributed by atoms with Crippen LogP contribution < -0.4 is 5.55 Å². The van der Waals surface area contributed by atoms with Gasteiger partial charge in [-0.05, 0) is 35.7 Å². The molecule has 0 unspecified atom stereocenters. The van der Waals surface area contributed by atoms with Crippen LogP contribution in [0.15, 0.2) is 101 Å². The summed E-state index contributed by atoms with van der Waals surface area (Å²) in [6, 6.07) is 28.2. The van der Waals surface area contributed by atoms with Crippen molar-refractivity contribution in [3.05, 3.63) is 102 Å². The first-order chi connectivity index (χ1) is 12.8. The maximum Gasteiger partial charge on any atom is 0.221 e. The van der Waals surface area contributed by atoms with Crippen molar-refractivity contribution in [2.45, 2.75) is 6.92 Å². The highest BCUT2D eigenvalue weighted by Gasteiger charge is 2.06. The number of aryl methyl sites for hydroxylation is 1. The number of nitrogens with zero attached hydrogens (tertiary/aromatic N) is 2. The van der Waals surface area contributed by atoms with E-state index < -0.39 is 0 Å². The summed E-state index contributed by atoms with van der Waals surface area (Å²) >= 11 is 0. The van der Waals surface area contributed by atoms with Gasteiger partial charge in [0.05, 0.1) is 0 Å². The van der Waals surface area contributed by atoms with Gasteiger partial charge in [0.2, 0.25) is 5.55 Å². The van der Waals surface area contributed by atoms with Crippen LogP contribution >= 0.6 is 0 Å². The Kier molecular flexibility index (Phi) is 4.44. The quantitative estimate of drug-likeness (QED) is 0.491. The predicted octanol–water partition coefficient (Wildman–Crippen LogP) is 5.55. The van der Waals surface area contributed by atoms with E-state index in [0.717, 1.165) is 28.0 Å². The van der Waals surface area contributed by atoms with Gasteiger partial charge in [0, 0.05) is 17.8 Å². The van der Waals surface area contributed by atoms with Crippen LogP contribution in [0.25, 0.3) is 22.5 Å². The molecule has 26 heavy (non-hydrogen) atoms. The molecular weight excluding hydrogens is 320 g/mol. The minimum Gasteiger partial charge on any atom is -0.438 e. The number of aromatic nitrogens is 1. The summed E-state index contributed by atoms with van der Waals surface area (Å²) in [4.78, 5) is 8.99. The van der Waals surface area contributed by atoms with Crippen LogP contribution in [-0.2, 0) is 0 Å². The second-order valence-corrected chi connectivity index (χ2v) is 6.04. The molecule has 0 amide bonds. The summed E-state index contributed by atoms with van der Waals surface area (Å²) in [5.74, 6) is 1.44. The molecule has 0 N–H and O–H groups in total. The molecule has 0 aliphatic rings. The van der Waals surface area contributed by atoms with Crippen molar-refractivity contribution in [3.8, 4) is 22.5 Å². The fourth-order valence-electron chi connectivity index (χ4n) is 2.78. The molecule has 0 aliphatic carbocycles. The van der Waals surface area contributed by atoms with Crippen molar-refractivity contribution < 1.29 is 4.42 Å². The zero-order valence-corrected chi connectivity index (χ0v) is 14.5. The van der Waals surface area contributed by atoms with Gasteiger partial charge in [-0.25, -0.2) is 4.98 Å². The lowest BCUT2D eigenvalue weighted by Crippen LogP contribution is -2.02. The highest BCUT2D eigenvalue weighted by Crippen LogP contribution is 2.25. The van der Waals surface area contributed by atoms with E-state index in [4.69, 9.17) is 4.42 Å². The molecule has 126 valence electrons. The van der Waals surface area contributed by atoms with Gasteiger partial charge in [-0.1, -0.05) is 66.7 Å². The third kappa shape index (κ3) is 3.47. The normalized spacial score (nSPS) is 11.5. The van der Waals surface area contributed by atoms with Crippen molar-refractivity contribution in [2.24, 2.45) is 4.99 Å². The van der Waals surface area contributed by atoms with E-state index >= 15 is 0 Å². The molecule has 0 saturated heterocycles. The molecular formula is C23H18N2O. The first-order valence-electron chi connectivity index (χ1n) is 8.52. The SMILES string of the molecule is Cc1cccnc1N=c1cc(-c2ccccc2)cc(-c2ccccc2)o1. The van der Waals surface area contributed by atoms with Gasteiger partial charge in [-0.15, -0.1) is 0 Å². The van der Waals surface area contributed by atoms with E-state index in [1.165, 1.54) is 0 Å². The molecule has 4 rings (SSSR count). The van der Waals surface area contributed by atoms with E-state index in [9.17, 15) is 0 Å². The maximum absolute atomic E-state index is 6.08. The zero-order chi connectivity index (χ0) is 17.8. The lowest BCUT2D eigenvalue weighted by molar-refractivity contribution is 0.511. The van der Waals surface area contributed by atoms with E-state index in [2.05, 4.69) is 28.2 Å². The van der Waals surface area contributed by atoms with Gasteiger partial charge >= 0.3 is 0 Å². The number of hydrogen-bond donors (Lipinski definition) is 0. The summed E-state index contributed by atoms with van der Waals surface area (Å²) in [7, 11) is 0. The van der Waals surface area contributed by atoms with E-state index in [0.29, 0.717) is 11.4 Å². The molecule has 3 nitrogen and oxygen atoms in total. The highest BCUT2D eigenvalue weighted by molar-refractivity contribution is 5.69. The average Bonchev–Trinajstić information content (AvgIpc) is 2.71. The number of rotatable bonds is 3. The standard InChI is InChI=1S/C23H18N2O/c1-17-9-8-14-24-23(17)25-22-16-20(18-10-4-2-5-11-18)15-21(26-22)19-12-6-3-7-13-19/h2-16H,1H3. The lowest BCUT2D eigenvalue weighted by Gasteiger charge is -2.06. The van der Waals surface area contributed by atoms with Crippen LogP contribution in [0.4, 0.5) is 5.82 Å². The van der Waals surface area contributed by atoms with Gasteiger partial charge in [0.15, 0.2) is 5.82 Å². The van der Waals surface area contributed by atoms with Gasteiger partial charge in [0.1, 0.15) is 5.76 Å². The van der Waals surface area contributed by atoms with Crippen LogP contribution in [0.5, 0.6) is 0 Å². The van der Waals surface area contributed by atoms with Crippen molar-refractivity contribution >= 4 is 5.82 Å². The zero-order valence-electron chi connectivity index (χ0n) is 14.5. The third-order valence-electron chi connectivity index (χ3n) is 4.14. The van der Waals surface area contributed by atoms with Crippen molar-refractivity contribution in [3.63, 3.8) is 0 Å². The lowest BCUT2D eigenvalue weighted by atomic mass is 10.0. The number of hydrogen-bond acceptors (Lipinski definition) is 3. The first-order valence-corrected chi connectivity index (χ1v) is 8.52. The average molecular weight is 338 g/mol. The Hall–Kier alpha value is -3.46. The largest absolute Gasteiger partial charge is 0.438 e. The van der Waals surface area contributed by atoms with E-state index in [1.807, 2.05) is 73.7 Å². The number of benzene rings is 2. The number of pyridine rings is 1. The molecule has 0 aliphatic heterocycles. The smallest absolute Gasteiger partial charge is 0.221 e. The minimum absolute atomic E-state index is 0.534.